The Balaban J connectivity index is 1.52. The molecule has 1 N–H and O–H groups in total. The number of hydrogen-bond donors (Lipinski definition) is 1. The van der Waals surface area contributed by atoms with Gasteiger partial charge in [-0.15, -0.1) is 11.3 Å². The van der Waals surface area contributed by atoms with Gasteiger partial charge in [0.05, 0.1) is 0 Å². The Morgan fingerprint density at radius 1 is 1.08 bits per heavy atom. The molecular weight excluding hydrogens is 338 g/mol. The smallest absolute Gasteiger partial charge is 0.265 e. The SMILES string of the molecule is O=C(NCC1(c2ccccc2)CCOCC1)c1scc2c1OCCO2. The fraction of sp³-hybridized carbons (Fsp3) is 0.421. The maximum absolute atomic E-state index is 12.7. The van der Waals surface area contributed by atoms with Crippen LogP contribution in [0.5, 0.6) is 11.5 Å². The monoisotopic (exact) mass is 359 g/mol. The molecule has 1 saturated heterocycles. The summed E-state index contributed by atoms with van der Waals surface area (Å²) in [5.41, 5.74) is 1.18. The van der Waals surface area contributed by atoms with Gasteiger partial charge in [-0.25, -0.2) is 0 Å². The molecule has 2 aromatic rings. The number of nitrogens with one attached hydrogen (secondary N) is 1. The van der Waals surface area contributed by atoms with Crippen LogP contribution in [-0.2, 0) is 10.2 Å². The molecule has 25 heavy (non-hydrogen) atoms. The molecule has 1 fully saturated rings. The van der Waals surface area contributed by atoms with Crippen LogP contribution in [0.4, 0.5) is 0 Å². The van der Waals surface area contributed by atoms with Crippen molar-refractivity contribution in [3.63, 3.8) is 0 Å². The minimum Gasteiger partial charge on any atom is -0.485 e. The van der Waals surface area contributed by atoms with E-state index in [2.05, 4.69) is 29.6 Å². The lowest BCUT2D eigenvalue weighted by molar-refractivity contribution is 0.0487. The van der Waals surface area contributed by atoms with Crippen LogP contribution in [0.1, 0.15) is 28.1 Å². The Morgan fingerprint density at radius 2 is 1.84 bits per heavy atom. The molecular formula is C19H21NO4S. The summed E-state index contributed by atoms with van der Waals surface area (Å²) in [5, 5.41) is 4.96. The minimum absolute atomic E-state index is 0.0795. The van der Waals surface area contributed by atoms with Gasteiger partial charge in [0, 0.05) is 30.6 Å². The Morgan fingerprint density at radius 3 is 2.64 bits per heavy atom. The predicted octanol–water partition coefficient (Wildman–Crippen LogP) is 3.00. The zero-order valence-electron chi connectivity index (χ0n) is 14.0. The van der Waals surface area contributed by atoms with E-state index in [4.69, 9.17) is 14.2 Å². The Hall–Kier alpha value is -2.05. The van der Waals surface area contributed by atoms with Gasteiger partial charge in [-0.05, 0) is 18.4 Å². The van der Waals surface area contributed by atoms with Crippen LogP contribution in [0.3, 0.4) is 0 Å². The number of carbonyl (C=O) groups excluding carboxylic acids is 1. The van der Waals surface area contributed by atoms with Gasteiger partial charge in [-0.2, -0.15) is 0 Å². The van der Waals surface area contributed by atoms with Gasteiger partial charge >= 0.3 is 0 Å². The van der Waals surface area contributed by atoms with Crippen LogP contribution in [0, 0.1) is 0 Å². The van der Waals surface area contributed by atoms with Crippen molar-refractivity contribution < 1.29 is 19.0 Å². The lowest BCUT2D eigenvalue weighted by Gasteiger charge is -2.38. The number of rotatable bonds is 4. The zero-order chi connectivity index (χ0) is 17.1. The van der Waals surface area contributed by atoms with Crippen molar-refractivity contribution in [1.29, 1.82) is 0 Å². The van der Waals surface area contributed by atoms with Gasteiger partial charge in [-0.3, -0.25) is 4.79 Å². The molecule has 132 valence electrons. The van der Waals surface area contributed by atoms with Crippen molar-refractivity contribution >= 4 is 17.2 Å². The topological polar surface area (TPSA) is 56.8 Å². The lowest BCUT2D eigenvalue weighted by atomic mass is 9.74. The molecule has 1 amide bonds. The average Bonchev–Trinajstić information content (AvgIpc) is 3.12. The molecule has 1 aromatic heterocycles. The third kappa shape index (κ3) is 3.24. The number of fused-ring (bicyclic) bond motifs is 1. The molecule has 0 radical (unpaired) electrons. The first-order valence-electron chi connectivity index (χ1n) is 8.57. The molecule has 0 saturated carbocycles. The number of carbonyl (C=O) groups is 1. The van der Waals surface area contributed by atoms with E-state index in [0.29, 0.717) is 36.1 Å². The lowest BCUT2D eigenvalue weighted by Crippen LogP contribution is -2.44. The highest BCUT2D eigenvalue weighted by atomic mass is 32.1. The van der Waals surface area contributed by atoms with E-state index in [9.17, 15) is 4.79 Å². The Bertz CT molecular complexity index is 737. The number of hydrogen-bond acceptors (Lipinski definition) is 5. The molecule has 0 bridgehead atoms. The van der Waals surface area contributed by atoms with Gasteiger partial charge in [0.2, 0.25) is 0 Å². The summed E-state index contributed by atoms with van der Waals surface area (Å²) in [6.07, 6.45) is 1.80. The highest BCUT2D eigenvalue weighted by molar-refractivity contribution is 7.12. The number of amides is 1. The second-order valence-electron chi connectivity index (χ2n) is 6.40. The summed E-state index contributed by atoms with van der Waals surface area (Å²) < 4.78 is 16.7. The second kappa shape index (κ2) is 7.06. The van der Waals surface area contributed by atoms with E-state index < -0.39 is 0 Å². The summed E-state index contributed by atoms with van der Waals surface area (Å²) >= 11 is 1.37. The summed E-state index contributed by atoms with van der Waals surface area (Å²) in [7, 11) is 0. The van der Waals surface area contributed by atoms with Crippen LogP contribution >= 0.6 is 11.3 Å². The van der Waals surface area contributed by atoms with Crippen LogP contribution in [0.25, 0.3) is 0 Å². The van der Waals surface area contributed by atoms with E-state index in [1.807, 2.05) is 11.4 Å². The Labute approximate surface area is 150 Å². The maximum Gasteiger partial charge on any atom is 0.265 e. The molecule has 2 aliphatic heterocycles. The Kier molecular flexibility index (Phi) is 4.63. The van der Waals surface area contributed by atoms with E-state index in [-0.39, 0.29) is 11.3 Å². The molecule has 3 heterocycles. The number of thiophene rings is 1. The highest BCUT2D eigenvalue weighted by Gasteiger charge is 2.35. The summed E-state index contributed by atoms with van der Waals surface area (Å²) in [4.78, 5) is 13.3. The maximum atomic E-state index is 12.7. The average molecular weight is 359 g/mol. The molecule has 2 aliphatic rings. The van der Waals surface area contributed by atoms with Crippen molar-refractivity contribution in [2.24, 2.45) is 0 Å². The number of benzene rings is 1. The molecule has 0 aliphatic carbocycles. The van der Waals surface area contributed by atoms with E-state index in [1.165, 1.54) is 16.9 Å². The third-order valence-electron chi connectivity index (χ3n) is 4.93. The summed E-state index contributed by atoms with van der Waals surface area (Å²) in [6.45, 7) is 3.04. The molecule has 4 rings (SSSR count). The standard InChI is InChI=1S/C19H21NO4S/c21-18(17-16-15(12-25-17)23-10-11-24-16)20-13-19(6-8-22-9-7-19)14-4-2-1-3-5-14/h1-5,12H,6-11,13H2,(H,20,21). The van der Waals surface area contributed by atoms with Crippen molar-refractivity contribution in [2.75, 3.05) is 33.0 Å². The zero-order valence-corrected chi connectivity index (χ0v) is 14.8. The fourth-order valence-corrected chi connectivity index (χ4v) is 4.32. The van der Waals surface area contributed by atoms with Crippen LogP contribution < -0.4 is 14.8 Å². The predicted molar refractivity (Wildman–Crippen MR) is 95.8 cm³/mol. The van der Waals surface area contributed by atoms with Crippen LogP contribution in [-0.4, -0.2) is 38.9 Å². The van der Waals surface area contributed by atoms with Gasteiger partial charge in [-0.1, -0.05) is 30.3 Å². The first kappa shape index (κ1) is 16.4. The largest absolute Gasteiger partial charge is 0.485 e. The van der Waals surface area contributed by atoms with Crippen LogP contribution in [0.15, 0.2) is 35.7 Å². The highest BCUT2D eigenvalue weighted by Crippen LogP contribution is 2.39. The summed E-state index contributed by atoms with van der Waals surface area (Å²) in [6, 6.07) is 10.4. The normalized spacial score (nSPS) is 18.6. The van der Waals surface area contributed by atoms with Crippen molar-refractivity contribution in [3.8, 4) is 11.5 Å². The van der Waals surface area contributed by atoms with E-state index >= 15 is 0 Å². The van der Waals surface area contributed by atoms with E-state index in [1.54, 1.807) is 0 Å². The third-order valence-corrected chi connectivity index (χ3v) is 5.87. The van der Waals surface area contributed by atoms with Gasteiger partial charge in [0.1, 0.15) is 18.1 Å². The first-order valence-corrected chi connectivity index (χ1v) is 9.45. The fourth-order valence-electron chi connectivity index (χ4n) is 3.47. The van der Waals surface area contributed by atoms with Gasteiger partial charge in [0.15, 0.2) is 11.5 Å². The van der Waals surface area contributed by atoms with Crippen LogP contribution in [0.2, 0.25) is 0 Å². The number of ether oxygens (including phenoxy) is 3. The van der Waals surface area contributed by atoms with Crippen molar-refractivity contribution in [1.82, 2.24) is 5.32 Å². The minimum atomic E-state index is -0.0986. The quantitative estimate of drug-likeness (QED) is 0.912. The summed E-state index contributed by atoms with van der Waals surface area (Å²) in [5.74, 6) is 1.15. The molecule has 1 aromatic carbocycles. The molecule has 0 unspecified atom stereocenters. The molecule has 0 atom stereocenters. The van der Waals surface area contributed by atoms with Gasteiger partial charge < -0.3 is 19.5 Å². The molecule has 0 spiro atoms. The molecule has 5 nitrogen and oxygen atoms in total. The van der Waals surface area contributed by atoms with Crippen molar-refractivity contribution in [3.05, 3.63) is 46.2 Å². The molecule has 6 heteroatoms. The second-order valence-corrected chi connectivity index (χ2v) is 7.28. The van der Waals surface area contributed by atoms with Gasteiger partial charge in [0.25, 0.3) is 5.91 Å². The first-order chi connectivity index (χ1) is 12.3. The van der Waals surface area contributed by atoms with E-state index in [0.717, 1.165) is 26.1 Å². The van der Waals surface area contributed by atoms with Crippen molar-refractivity contribution in [2.45, 2.75) is 18.3 Å².